The number of rotatable bonds is 27. The minimum atomic E-state index is -4.16. The van der Waals surface area contributed by atoms with Gasteiger partial charge in [-0.3, -0.25) is 43.0 Å². The fourth-order valence-electron chi connectivity index (χ4n) is 10.2. The van der Waals surface area contributed by atoms with E-state index in [1.54, 1.807) is 38.5 Å². The average Bonchev–Trinajstić information content (AvgIpc) is 1.58. The van der Waals surface area contributed by atoms with Crippen LogP contribution in [0.2, 0.25) is 0 Å². The van der Waals surface area contributed by atoms with E-state index in [1.807, 2.05) is 66.7 Å². The molecule has 0 saturated carbocycles. The van der Waals surface area contributed by atoms with Gasteiger partial charge in [0.1, 0.15) is 54.1 Å². The summed E-state index contributed by atoms with van der Waals surface area (Å²) in [7, 11) is 3.11. The number of nitrogens with one attached hydrogen (secondary N) is 3. The molecule has 3 aliphatic heterocycles. The van der Waals surface area contributed by atoms with Gasteiger partial charge in [0.05, 0.1) is 90.5 Å². The SMILES string of the molecule is COc1ccc(C(OC[C@H]2O[C@@H](n3cc(C)c(=O)[nH]c3=O)C[C@@H]2OP(=S)(OCCC#N)OC[C@H]2O[C@@H](n3cc(C)c(=O)[nH]c3=O)C[C@@H]2OP(=S)(OCCC#N)OC[C@H]2O[C@@H](n3cc(C)c(=O)[nH]c3=O)C[C@@H]2O)(c2ccccc2)c2ccc(OC)cc2)cc1. The third kappa shape index (κ3) is 15.1. The number of benzene rings is 3. The molecule has 6 heterocycles. The van der Waals surface area contributed by atoms with Crippen molar-refractivity contribution in [2.75, 3.05) is 47.3 Å². The third-order valence-electron chi connectivity index (χ3n) is 14.8. The van der Waals surface area contributed by atoms with Gasteiger partial charge < -0.3 is 60.7 Å². The van der Waals surface area contributed by atoms with Crippen LogP contribution < -0.4 is 43.2 Å². The Morgan fingerprint density at radius 2 is 0.932 bits per heavy atom. The summed E-state index contributed by atoms with van der Waals surface area (Å²) in [4.78, 5) is 84.0. The van der Waals surface area contributed by atoms with Crippen molar-refractivity contribution in [3.63, 3.8) is 0 Å². The molecule has 3 aromatic heterocycles. The number of methoxy groups -OCH3 is 2. The number of aliphatic hydroxyl groups is 1. The normalized spacial score (nSPS) is 23.2. The number of hydrogen-bond acceptors (Lipinski definition) is 23. The van der Waals surface area contributed by atoms with Crippen LogP contribution in [-0.4, -0.2) is 118 Å². The van der Waals surface area contributed by atoms with Gasteiger partial charge in [-0.2, -0.15) is 10.5 Å². The van der Waals surface area contributed by atoms with Gasteiger partial charge in [0.15, 0.2) is 0 Å². The van der Waals surface area contributed by atoms with Crippen molar-refractivity contribution in [3.8, 4) is 23.6 Å². The number of nitriles is 2. The number of nitrogens with zero attached hydrogens (tertiary/aromatic N) is 5. The topological polar surface area (TPSA) is 343 Å². The van der Waals surface area contributed by atoms with E-state index in [9.17, 15) is 44.4 Å². The van der Waals surface area contributed by atoms with Gasteiger partial charge in [-0.05, 0) is 85.3 Å². The van der Waals surface area contributed by atoms with Crippen LogP contribution in [0.5, 0.6) is 11.5 Å². The number of aliphatic hydroxyl groups excluding tert-OH is 1. The third-order valence-corrected chi connectivity index (χ3v) is 19.6. The van der Waals surface area contributed by atoms with Crippen molar-refractivity contribution in [1.82, 2.24) is 28.7 Å². The van der Waals surface area contributed by atoms with E-state index in [2.05, 4.69) is 15.0 Å². The van der Waals surface area contributed by atoms with Crippen LogP contribution in [0, 0.1) is 43.4 Å². The molecule has 6 aromatic rings. The summed E-state index contributed by atoms with van der Waals surface area (Å²) < 4.78 is 79.5. The van der Waals surface area contributed by atoms with Gasteiger partial charge in [0, 0.05) is 54.5 Å². The zero-order valence-corrected chi connectivity index (χ0v) is 51.7. The van der Waals surface area contributed by atoms with Crippen LogP contribution >= 0.6 is 13.4 Å². The molecule has 31 heteroatoms. The van der Waals surface area contributed by atoms with E-state index in [0.717, 1.165) is 9.13 Å². The quantitative estimate of drug-likeness (QED) is 0.0302. The first-order valence-corrected chi connectivity index (χ1v) is 32.8. The van der Waals surface area contributed by atoms with Gasteiger partial charge in [-0.25, -0.2) is 14.4 Å². The standard InChI is InChI=1S/C57H64N8O19P2S2/c1-34-28-63(54(70)60-51(34)67)48-25-42(66)45(80-48)32-78-85(87,76-23-9-21-58)84-44-27-50(65-30-36(3)53(69)62-56(65)72)82-47(44)33-79-86(88,77-24-10-22-59)83-43-26-49(64-29-35(2)52(68)61-55(64)71)81-46(43)31-75-57(37-11-7-6-8-12-37,38-13-17-40(73-4)18-14-38)39-15-19-41(74-5)20-16-39/h6-8,11-20,28-30,42-50,66H,9-10,23-27,31-33H2,1-5H3,(H,60,67,70)(H,61,68,71)(H,62,69,72)/t42-,43-,44-,45+,46+,47+,48+,49+,50+,85?,86?/m0/s1. The predicted molar refractivity (Wildman–Crippen MR) is 321 cm³/mol. The average molecular weight is 1290 g/mol. The lowest BCUT2D eigenvalue weighted by molar-refractivity contribution is -0.0941. The van der Waals surface area contributed by atoms with E-state index in [4.69, 9.17) is 79.2 Å². The van der Waals surface area contributed by atoms with E-state index < -0.39 is 121 Å². The highest BCUT2D eigenvalue weighted by molar-refractivity contribution is 8.07. The molecule has 2 unspecified atom stereocenters. The summed E-state index contributed by atoms with van der Waals surface area (Å²) in [5, 5.41) is 30.4. The predicted octanol–water partition coefficient (Wildman–Crippen LogP) is 4.92. The maximum absolute atomic E-state index is 13.6. The second kappa shape index (κ2) is 28.7. The molecule has 3 aliphatic rings. The van der Waals surface area contributed by atoms with Crippen LogP contribution in [0.25, 0.3) is 0 Å². The highest BCUT2D eigenvalue weighted by atomic mass is 32.5. The van der Waals surface area contributed by atoms with Crippen LogP contribution in [0.4, 0.5) is 0 Å². The maximum atomic E-state index is 13.6. The number of aromatic nitrogens is 6. The summed E-state index contributed by atoms with van der Waals surface area (Å²) in [6, 6.07) is 28.1. The Bertz CT molecular complexity index is 3950. The summed E-state index contributed by atoms with van der Waals surface area (Å²) >= 11 is 12.2. The molecule has 9 rings (SSSR count). The van der Waals surface area contributed by atoms with E-state index in [-0.39, 0.29) is 68.6 Å². The van der Waals surface area contributed by atoms with E-state index in [1.165, 1.54) is 43.9 Å². The molecule has 3 saturated heterocycles. The molecule has 3 aromatic carbocycles. The van der Waals surface area contributed by atoms with Crippen LogP contribution in [-0.2, 0) is 75.3 Å². The number of aromatic amines is 3. The van der Waals surface area contributed by atoms with Gasteiger partial charge in [0.25, 0.3) is 16.7 Å². The number of aryl methyl sites for hydroxylation is 3. The van der Waals surface area contributed by atoms with Crippen molar-refractivity contribution in [3.05, 3.63) is 193 Å². The van der Waals surface area contributed by atoms with E-state index >= 15 is 0 Å². The second-order valence-corrected chi connectivity index (χ2v) is 26.6. The van der Waals surface area contributed by atoms with Gasteiger partial charge in [-0.15, -0.1) is 0 Å². The highest BCUT2D eigenvalue weighted by Crippen LogP contribution is 2.57. The maximum Gasteiger partial charge on any atom is 0.330 e. The first-order valence-electron chi connectivity index (χ1n) is 27.7. The summed E-state index contributed by atoms with van der Waals surface area (Å²) in [6.45, 7) is -5.51. The number of ether oxygens (including phenoxy) is 6. The summed E-state index contributed by atoms with van der Waals surface area (Å²) in [5.41, 5.74) is -2.89. The number of hydrogen-bond donors (Lipinski definition) is 4. The lowest BCUT2D eigenvalue weighted by Gasteiger charge is -2.37. The summed E-state index contributed by atoms with van der Waals surface area (Å²) in [5.74, 6) is 1.17. The van der Waals surface area contributed by atoms with E-state index in [0.29, 0.717) is 28.2 Å². The number of H-pyrrole nitrogens is 3. The fraction of sp³-hybridized carbons (Fsp3) is 0.439. The second-order valence-electron chi connectivity index (χ2n) is 20.7. The molecule has 468 valence electrons. The molecule has 0 aliphatic carbocycles. The zero-order chi connectivity index (χ0) is 62.9. The molecule has 0 amide bonds. The molecule has 0 spiro atoms. The lowest BCUT2D eigenvalue weighted by Crippen LogP contribution is -2.38. The Morgan fingerprint density at radius 3 is 1.34 bits per heavy atom. The molecule has 88 heavy (non-hydrogen) atoms. The Kier molecular flexibility index (Phi) is 21.4. The summed E-state index contributed by atoms with van der Waals surface area (Å²) in [6.07, 6.45) is -7.00. The largest absolute Gasteiger partial charge is 0.497 e. The molecule has 3 fully saturated rings. The molecule has 4 N–H and O–H groups in total. The molecule has 0 bridgehead atoms. The smallest absolute Gasteiger partial charge is 0.330 e. The van der Waals surface area contributed by atoms with Crippen molar-refractivity contribution in [2.24, 2.45) is 0 Å². The van der Waals surface area contributed by atoms with Crippen LogP contribution in [0.15, 0.2) is 126 Å². The minimum Gasteiger partial charge on any atom is -0.497 e. The van der Waals surface area contributed by atoms with Crippen molar-refractivity contribution in [2.45, 2.75) is 114 Å². The molecule has 11 atom stereocenters. The Labute approximate surface area is 512 Å². The monoisotopic (exact) mass is 1290 g/mol. The Morgan fingerprint density at radius 1 is 0.557 bits per heavy atom. The molecular formula is C57H64N8O19P2S2. The zero-order valence-electron chi connectivity index (χ0n) is 48.2. The van der Waals surface area contributed by atoms with Gasteiger partial charge in [0.2, 0.25) is 0 Å². The Balaban J connectivity index is 1.04. The fourth-order valence-corrected chi connectivity index (χ4v) is 14.5. The van der Waals surface area contributed by atoms with Crippen LogP contribution in [0.1, 0.15) is 84.2 Å². The molecule has 0 radical (unpaired) electrons. The Hall–Kier alpha value is -6.86. The van der Waals surface area contributed by atoms with Gasteiger partial charge in [-0.1, -0.05) is 54.6 Å². The van der Waals surface area contributed by atoms with Crippen LogP contribution in [0.3, 0.4) is 0 Å². The first kappa shape index (κ1) is 65.6. The van der Waals surface area contributed by atoms with Crippen molar-refractivity contribution < 1.29 is 60.7 Å². The van der Waals surface area contributed by atoms with Crippen molar-refractivity contribution >= 4 is 37.1 Å². The highest BCUT2D eigenvalue weighted by Gasteiger charge is 2.48. The first-order chi connectivity index (χ1) is 42.2. The molecular weight excluding hydrogens is 1230 g/mol. The molecule has 27 nitrogen and oxygen atoms in total. The van der Waals surface area contributed by atoms with Crippen molar-refractivity contribution in [1.29, 1.82) is 10.5 Å². The minimum absolute atomic E-state index is 0.0810. The van der Waals surface area contributed by atoms with Gasteiger partial charge >= 0.3 is 30.5 Å². The lowest BCUT2D eigenvalue weighted by atomic mass is 9.80.